The topological polar surface area (TPSA) is 64.0 Å². The van der Waals surface area contributed by atoms with Crippen LogP contribution in [-0.2, 0) is 4.79 Å². The van der Waals surface area contributed by atoms with Crippen LogP contribution >= 0.6 is 23.4 Å². The first kappa shape index (κ1) is 15.1. The number of amides is 1. The molecule has 7 heteroatoms. The molecule has 22 heavy (non-hydrogen) atoms. The molecule has 1 aliphatic heterocycles. The van der Waals surface area contributed by atoms with Crippen LogP contribution in [0.2, 0.25) is 5.02 Å². The third-order valence-corrected chi connectivity index (χ3v) is 4.91. The molecule has 1 amide bonds. The van der Waals surface area contributed by atoms with Gasteiger partial charge in [-0.1, -0.05) is 35.5 Å². The summed E-state index contributed by atoms with van der Waals surface area (Å²) in [6.07, 6.45) is 1.80. The molecule has 1 N–H and O–H groups in total. The normalized spacial score (nSPS) is 16.4. The first-order valence-corrected chi connectivity index (χ1v) is 8.18. The van der Waals surface area contributed by atoms with Crippen molar-refractivity contribution in [2.45, 2.75) is 24.5 Å². The van der Waals surface area contributed by atoms with E-state index in [0.29, 0.717) is 27.2 Å². The van der Waals surface area contributed by atoms with Crippen molar-refractivity contribution in [3.63, 3.8) is 0 Å². The van der Waals surface area contributed by atoms with Gasteiger partial charge < -0.3 is 5.32 Å². The molecule has 0 bridgehead atoms. The van der Waals surface area contributed by atoms with Crippen LogP contribution in [0.25, 0.3) is 0 Å². The zero-order valence-corrected chi connectivity index (χ0v) is 13.4. The Labute approximate surface area is 136 Å². The quantitative estimate of drug-likeness (QED) is 0.876. The van der Waals surface area contributed by atoms with Gasteiger partial charge in [0.25, 0.3) is 5.56 Å². The lowest BCUT2D eigenvalue weighted by Crippen LogP contribution is -2.28. The molecule has 0 saturated carbocycles. The summed E-state index contributed by atoms with van der Waals surface area (Å²) in [5.41, 5.74) is 1.09. The molecule has 1 unspecified atom stereocenters. The molecule has 1 aromatic heterocycles. The van der Waals surface area contributed by atoms with Gasteiger partial charge in [-0.15, -0.1) is 0 Å². The van der Waals surface area contributed by atoms with Crippen LogP contribution in [0.1, 0.15) is 18.0 Å². The molecule has 1 aromatic carbocycles. The number of carbonyl (C=O) groups is 1. The minimum Gasteiger partial charge on any atom is -0.325 e. The summed E-state index contributed by atoms with van der Waals surface area (Å²) in [6, 6.07) is 6.89. The maximum absolute atomic E-state index is 12.2. The van der Waals surface area contributed by atoms with Crippen molar-refractivity contribution < 1.29 is 4.79 Å². The highest BCUT2D eigenvalue weighted by molar-refractivity contribution is 7.99. The maximum Gasteiger partial charge on any atom is 0.257 e. The zero-order chi connectivity index (χ0) is 15.7. The molecule has 114 valence electrons. The molecule has 1 atom stereocenters. The summed E-state index contributed by atoms with van der Waals surface area (Å²) in [7, 11) is 0. The van der Waals surface area contributed by atoms with E-state index in [1.165, 1.54) is 11.8 Å². The average Bonchev–Trinajstić information content (AvgIpc) is 2.89. The molecule has 0 fully saturated rings. The molecule has 3 rings (SSSR count). The minimum atomic E-state index is -0.178. The molecule has 0 aliphatic carbocycles. The second kappa shape index (κ2) is 6.14. The highest BCUT2D eigenvalue weighted by Gasteiger charge is 2.27. The summed E-state index contributed by atoms with van der Waals surface area (Å²) in [6.45, 7) is 1.73. The van der Waals surface area contributed by atoms with Gasteiger partial charge in [0, 0.05) is 23.9 Å². The van der Waals surface area contributed by atoms with Crippen molar-refractivity contribution in [3.8, 4) is 0 Å². The number of halogens is 1. The van der Waals surface area contributed by atoms with E-state index in [1.807, 2.05) is 0 Å². The molecule has 0 radical (unpaired) electrons. The van der Waals surface area contributed by atoms with Crippen LogP contribution in [0.3, 0.4) is 0 Å². The van der Waals surface area contributed by atoms with Crippen LogP contribution < -0.4 is 10.9 Å². The maximum atomic E-state index is 12.2. The van der Waals surface area contributed by atoms with Gasteiger partial charge >= 0.3 is 0 Å². The van der Waals surface area contributed by atoms with Gasteiger partial charge in [-0.25, -0.2) is 4.98 Å². The predicted molar refractivity (Wildman–Crippen MR) is 87.7 cm³/mol. The Balaban J connectivity index is 1.76. The predicted octanol–water partition coefficient (Wildman–Crippen LogP) is 2.88. The zero-order valence-electron chi connectivity index (χ0n) is 11.9. The van der Waals surface area contributed by atoms with Crippen molar-refractivity contribution in [2.75, 3.05) is 11.1 Å². The van der Waals surface area contributed by atoms with Crippen LogP contribution in [-0.4, -0.2) is 21.2 Å². The number of nitrogens with one attached hydrogen (secondary N) is 1. The van der Waals surface area contributed by atoms with Gasteiger partial charge in [-0.2, -0.15) is 0 Å². The number of nitrogens with zero attached hydrogens (tertiary/aromatic N) is 2. The summed E-state index contributed by atoms with van der Waals surface area (Å²) in [5.74, 6) is 0.502. The van der Waals surface area contributed by atoms with Gasteiger partial charge in [0.15, 0.2) is 5.16 Å². The smallest absolute Gasteiger partial charge is 0.257 e. The van der Waals surface area contributed by atoms with Crippen molar-refractivity contribution in [1.82, 2.24) is 9.55 Å². The highest BCUT2D eigenvalue weighted by Crippen LogP contribution is 2.32. The van der Waals surface area contributed by atoms with Crippen molar-refractivity contribution in [2.24, 2.45) is 0 Å². The molecular formula is C15H14ClN3O2S. The number of aromatic nitrogens is 2. The van der Waals surface area contributed by atoms with Crippen LogP contribution in [0, 0.1) is 6.92 Å². The van der Waals surface area contributed by atoms with E-state index < -0.39 is 0 Å². The van der Waals surface area contributed by atoms with Gasteiger partial charge in [-0.3, -0.25) is 14.2 Å². The Morgan fingerprint density at radius 2 is 2.27 bits per heavy atom. The minimum absolute atomic E-state index is 0.0782. The highest BCUT2D eigenvalue weighted by atomic mass is 35.5. The van der Waals surface area contributed by atoms with Gasteiger partial charge in [0.05, 0.1) is 16.8 Å². The van der Waals surface area contributed by atoms with Gasteiger partial charge in [0.2, 0.25) is 5.91 Å². The molecule has 2 heterocycles. The summed E-state index contributed by atoms with van der Waals surface area (Å²) in [5, 5.41) is 3.95. The first-order valence-electron chi connectivity index (χ1n) is 6.81. The largest absolute Gasteiger partial charge is 0.325 e. The number of fused-ring (bicyclic) bond motifs is 1. The Kier molecular flexibility index (Phi) is 4.22. The lowest BCUT2D eigenvalue weighted by atomic mass is 10.2. The standard InChI is InChI=1S/C15H14ClN3O2S/c1-9-7-17-15-19(14(9)21)10(8-22-15)6-13(20)18-12-5-3-2-4-11(12)16/h2-5,7,10H,6,8H2,1H3,(H,18,20). The molecule has 0 spiro atoms. The fraction of sp³-hybridized carbons (Fsp3) is 0.267. The Bertz CT molecular complexity index is 791. The van der Waals surface area contributed by atoms with Crippen LogP contribution in [0.15, 0.2) is 40.4 Å². The SMILES string of the molecule is Cc1cnc2n(c1=O)C(CC(=O)Nc1ccccc1Cl)CS2. The number of anilines is 1. The molecule has 2 aromatic rings. The van der Waals surface area contributed by atoms with Gasteiger partial charge in [0.1, 0.15) is 0 Å². The molecule has 1 aliphatic rings. The fourth-order valence-corrected chi connectivity index (χ4v) is 3.64. The van der Waals surface area contributed by atoms with E-state index in [1.54, 1.807) is 42.0 Å². The average molecular weight is 336 g/mol. The summed E-state index contributed by atoms with van der Waals surface area (Å²) < 4.78 is 1.62. The van der Waals surface area contributed by atoms with E-state index in [9.17, 15) is 9.59 Å². The summed E-state index contributed by atoms with van der Waals surface area (Å²) in [4.78, 5) is 28.7. The number of hydrogen-bond donors (Lipinski definition) is 1. The van der Waals surface area contributed by atoms with Crippen molar-refractivity contribution >= 4 is 35.0 Å². The van der Waals surface area contributed by atoms with E-state index in [0.717, 1.165) is 0 Å². The van der Waals surface area contributed by atoms with Crippen molar-refractivity contribution in [3.05, 3.63) is 51.4 Å². The number of aryl methyl sites for hydroxylation is 1. The van der Waals surface area contributed by atoms with E-state index in [4.69, 9.17) is 11.6 Å². The monoisotopic (exact) mass is 335 g/mol. The van der Waals surface area contributed by atoms with E-state index in [-0.39, 0.29) is 23.9 Å². The van der Waals surface area contributed by atoms with Crippen molar-refractivity contribution in [1.29, 1.82) is 0 Å². The van der Waals surface area contributed by atoms with Crippen LogP contribution in [0.5, 0.6) is 0 Å². The Hall–Kier alpha value is -1.79. The fourth-order valence-electron chi connectivity index (χ4n) is 2.35. The third kappa shape index (κ3) is 2.89. The number of carbonyl (C=O) groups excluding carboxylic acids is 1. The first-order chi connectivity index (χ1) is 10.6. The number of hydrogen-bond acceptors (Lipinski definition) is 4. The number of rotatable bonds is 3. The third-order valence-electron chi connectivity index (χ3n) is 3.47. The lowest BCUT2D eigenvalue weighted by molar-refractivity contribution is -0.116. The van der Waals surface area contributed by atoms with Gasteiger partial charge in [-0.05, 0) is 19.1 Å². The summed E-state index contributed by atoms with van der Waals surface area (Å²) >= 11 is 7.52. The number of thioether (sulfide) groups is 1. The number of benzene rings is 1. The molecule has 5 nitrogen and oxygen atoms in total. The Morgan fingerprint density at radius 3 is 3.05 bits per heavy atom. The number of para-hydroxylation sites is 1. The second-order valence-electron chi connectivity index (χ2n) is 5.10. The molecular weight excluding hydrogens is 322 g/mol. The lowest BCUT2D eigenvalue weighted by Gasteiger charge is -2.14. The van der Waals surface area contributed by atoms with E-state index in [2.05, 4.69) is 10.3 Å². The Morgan fingerprint density at radius 1 is 1.50 bits per heavy atom. The molecule has 0 saturated heterocycles. The second-order valence-corrected chi connectivity index (χ2v) is 6.49. The van der Waals surface area contributed by atoms with E-state index >= 15 is 0 Å². The van der Waals surface area contributed by atoms with Crippen LogP contribution in [0.4, 0.5) is 5.69 Å².